The van der Waals surface area contributed by atoms with Crippen LogP contribution in [0.5, 0.6) is 11.5 Å². The van der Waals surface area contributed by atoms with Crippen molar-refractivity contribution in [2.24, 2.45) is 0 Å². The second-order valence-electron chi connectivity index (χ2n) is 4.54. The lowest BCUT2D eigenvalue weighted by Gasteiger charge is -2.08. The van der Waals surface area contributed by atoms with Crippen LogP contribution in [0, 0.1) is 5.82 Å². The zero-order valence-corrected chi connectivity index (χ0v) is 11.7. The van der Waals surface area contributed by atoms with Gasteiger partial charge in [-0.3, -0.25) is 0 Å². The minimum Gasteiger partial charge on any atom is -0.497 e. The van der Waals surface area contributed by atoms with Gasteiger partial charge >= 0.3 is 0 Å². The number of nitrogens with two attached hydrogens (primary N) is 1. The molecule has 0 aliphatic rings. The van der Waals surface area contributed by atoms with E-state index in [9.17, 15) is 4.39 Å². The number of benzene rings is 2. The highest BCUT2D eigenvalue weighted by molar-refractivity contribution is 5.38. The second-order valence-corrected chi connectivity index (χ2v) is 4.54. The molecule has 2 aromatic rings. The van der Waals surface area contributed by atoms with Gasteiger partial charge in [0, 0.05) is 17.2 Å². The third-order valence-electron chi connectivity index (χ3n) is 3.08. The van der Waals surface area contributed by atoms with Gasteiger partial charge in [0.05, 0.1) is 14.2 Å². The fourth-order valence-electron chi connectivity index (χ4n) is 2.01. The molecule has 4 heteroatoms. The molecule has 0 saturated heterocycles. The van der Waals surface area contributed by atoms with Gasteiger partial charge in [0.25, 0.3) is 0 Å². The van der Waals surface area contributed by atoms with E-state index >= 15 is 0 Å². The van der Waals surface area contributed by atoms with Crippen LogP contribution in [-0.2, 0) is 13.1 Å². The van der Waals surface area contributed by atoms with Crippen LogP contribution in [0.25, 0.3) is 0 Å². The molecule has 0 heterocycles. The topological polar surface area (TPSA) is 35.1 Å². The Morgan fingerprint density at radius 1 is 0.850 bits per heavy atom. The van der Waals surface area contributed by atoms with Gasteiger partial charge in [-0.2, -0.15) is 0 Å². The third kappa shape index (κ3) is 3.96. The molecule has 0 spiro atoms. The highest BCUT2D eigenvalue weighted by Crippen LogP contribution is 2.21. The van der Waals surface area contributed by atoms with Crippen molar-refractivity contribution in [1.82, 2.24) is 0 Å². The third-order valence-corrected chi connectivity index (χ3v) is 3.08. The van der Waals surface area contributed by atoms with E-state index < -0.39 is 0 Å². The maximum atomic E-state index is 12.8. The lowest BCUT2D eigenvalue weighted by molar-refractivity contribution is -0.686. The van der Waals surface area contributed by atoms with E-state index in [0.29, 0.717) is 0 Å². The standard InChI is InChI=1S/C16H18FNO2/c1-19-15-7-13(8-16(9-15)20-2)11-18-10-12-3-5-14(17)6-4-12/h3-9,18H,10-11H2,1-2H3/p+1. The Morgan fingerprint density at radius 3 is 1.95 bits per heavy atom. The molecule has 0 unspecified atom stereocenters. The Hall–Kier alpha value is -2.07. The van der Waals surface area contributed by atoms with Crippen LogP contribution < -0.4 is 14.8 Å². The molecule has 0 atom stereocenters. The lowest BCUT2D eigenvalue weighted by Crippen LogP contribution is -2.80. The first-order valence-corrected chi connectivity index (χ1v) is 6.49. The van der Waals surface area contributed by atoms with E-state index in [2.05, 4.69) is 5.32 Å². The first kappa shape index (κ1) is 14.3. The summed E-state index contributed by atoms with van der Waals surface area (Å²) in [6.45, 7) is 1.62. The minimum absolute atomic E-state index is 0.203. The molecule has 0 saturated carbocycles. The molecule has 2 aromatic carbocycles. The average molecular weight is 276 g/mol. The SMILES string of the molecule is COc1cc(C[NH2+]Cc2ccc(F)cc2)cc(OC)c1. The van der Waals surface area contributed by atoms with E-state index in [-0.39, 0.29) is 5.82 Å². The van der Waals surface area contributed by atoms with Gasteiger partial charge in [0.1, 0.15) is 30.4 Å². The van der Waals surface area contributed by atoms with Crippen LogP contribution in [-0.4, -0.2) is 14.2 Å². The fourth-order valence-corrected chi connectivity index (χ4v) is 2.01. The molecule has 0 fully saturated rings. The smallest absolute Gasteiger partial charge is 0.123 e. The zero-order chi connectivity index (χ0) is 14.4. The summed E-state index contributed by atoms with van der Waals surface area (Å²) in [6, 6.07) is 12.4. The Kier molecular flexibility index (Phi) is 4.96. The highest BCUT2D eigenvalue weighted by atomic mass is 19.1. The summed E-state index contributed by atoms with van der Waals surface area (Å²) in [5.41, 5.74) is 2.23. The molecule has 0 aromatic heterocycles. The molecule has 0 bridgehead atoms. The number of methoxy groups -OCH3 is 2. The van der Waals surface area contributed by atoms with Crippen molar-refractivity contribution in [2.45, 2.75) is 13.1 Å². The molecule has 20 heavy (non-hydrogen) atoms. The summed E-state index contributed by atoms with van der Waals surface area (Å²) in [4.78, 5) is 0. The molecule has 2 N–H and O–H groups in total. The predicted molar refractivity (Wildman–Crippen MR) is 75.3 cm³/mol. The molecule has 3 nitrogen and oxygen atoms in total. The summed E-state index contributed by atoms with van der Waals surface area (Å²) < 4.78 is 23.3. The first-order valence-electron chi connectivity index (χ1n) is 6.49. The monoisotopic (exact) mass is 276 g/mol. The van der Waals surface area contributed by atoms with Gasteiger partial charge in [-0.25, -0.2) is 4.39 Å². The van der Waals surface area contributed by atoms with Gasteiger partial charge in [-0.1, -0.05) is 12.1 Å². The number of hydrogen-bond acceptors (Lipinski definition) is 2. The number of rotatable bonds is 6. The quantitative estimate of drug-likeness (QED) is 0.877. The van der Waals surface area contributed by atoms with Gasteiger partial charge in [0.15, 0.2) is 0 Å². The maximum absolute atomic E-state index is 12.8. The van der Waals surface area contributed by atoms with Gasteiger partial charge < -0.3 is 14.8 Å². The number of hydrogen-bond donors (Lipinski definition) is 1. The van der Waals surface area contributed by atoms with Crippen LogP contribution in [0.4, 0.5) is 4.39 Å². The van der Waals surface area contributed by atoms with E-state index in [1.807, 2.05) is 18.2 Å². The minimum atomic E-state index is -0.203. The Morgan fingerprint density at radius 2 is 1.40 bits per heavy atom. The zero-order valence-electron chi connectivity index (χ0n) is 11.7. The summed E-state index contributed by atoms with van der Waals surface area (Å²) in [5.74, 6) is 1.37. The highest BCUT2D eigenvalue weighted by Gasteiger charge is 2.04. The van der Waals surface area contributed by atoms with E-state index in [1.54, 1.807) is 26.4 Å². The molecular weight excluding hydrogens is 257 g/mol. The first-order chi connectivity index (χ1) is 9.71. The largest absolute Gasteiger partial charge is 0.497 e. The molecule has 0 radical (unpaired) electrons. The average Bonchev–Trinajstić information content (AvgIpc) is 2.49. The van der Waals surface area contributed by atoms with E-state index in [4.69, 9.17) is 9.47 Å². The summed E-state index contributed by atoms with van der Waals surface area (Å²) in [5, 5.41) is 2.15. The van der Waals surface area contributed by atoms with E-state index in [1.165, 1.54) is 12.1 Å². The van der Waals surface area contributed by atoms with Crippen LogP contribution in [0.15, 0.2) is 42.5 Å². The molecule has 0 aliphatic heterocycles. The molecule has 2 rings (SSSR count). The van der Waals surface area contributed by atoms with Gasteiger partial charge in [-0.05, 0) is 24.3 Å². The Balaban J connectivity index is 1.94. The predicted octanol–water partition coefficient (Wildman–Crippen LogP) is 2.11. The van der Waals surface area contributed by atoms with Gasteiger partial charge in [0.2, 0.25) is 0 Å². The van der Waals surface area contributed by atoms with E-state index in [0.717, 1.165) is 35.7 Å². The van der Waals surface area contributed by atoms with Crippen molar-refractivity contribution >= 4 is 0 Å². The normalized spacial score (nSPS) is 10.3. The van der Waals surface area contributed by atoms with Crippen molar-refractivity contribution < 1.29 is 19.2 Å². The van der Waals surface area contributed by atoms with Crippen LogP contribution >= 0.6 is 0 Å². The van der Waals surface area contributed by atoms with Crippen molar-refractivity contribution in [3.05, 3.63) is 59.4 Å². The second kappa shape index (κ2) is 6.91. The van der Waals surface area contributed by atoms with Crippen molar-refractivity contribution in [1.29, 1.82) is 0 Å². The van der Waals surface area contributed by atoms with Crippen LogP contribution in [0.2, 0.25) is 0 Å². The number of ether oxygens (including phenoxy) is 2. The number of halogens is 1. The molecule has 106 valence electrons. The Labute approximate surface area is 118 Å². The fraction of sp³-hybridized carbons (Fsp3) is 0.250. The van der Waals surface area contributed by atoms with Crippen molar-refractivity contribution in [2.75, 3.05) is 14.2 Å². The van der Waals surface area contributed by atoms with Crippen LogP contribution in [0.3, 0.4) is 0 Å². The summed E-state index contributed by atoms with van der Waals surface area (Å²) in [6.07, 6.45) is 0. The van der Waals surface area contributed by atoms with Gasteiger partial charge in [-0.15, -0.1) is 0 Å². The summed E-state index contributed by atoms with van der Waals surface area (Å²) >= 11 is 0. The molecule has 0 amide bonds. The lowest BCUT2D eigenvalue weighted by atomic mass is 10.2. The summed E-state index contributed by atoms with van der Waals surface area (Å²) in [7, 11) is 3.28. The van der Waals surface area contributed by atoms with Crippen molar-refractivity contribution in [3.8, 4) is 11.5 Å². The number of quaternary nitrogens is 1. The Bertz CT molecular complexity index is 533. The molecular formula is C16H19FNO2+. The van der Waals surface area contributed by atoms with Crippen LogP contribution in [0.1, 0.15) is 11.1 Å². The molecule has 0 aliphatic carbocycles. The maximum Gasteiger partial charge on any atom is 0.123 e. The van der Waals surface area contributed by atoms with Crippen molar-refractivity contribution in [3.63, 3.8) is 0 Å².